The summed E-state index contributed by atoms with van der Waals surface area (Å²) in [4.78, 5) is 17.0. The highest BCUT2D eigenvalue weighted by Gasteiger charge is 2.35. The van der Waals surface area contributed by atoms with Crippen molar-refractivity contribution in [3.05, 3.63) is 60.1 Å². The predicted octanol–water partition coefficient (Wildman–Crippen LogP) is 2.86. The van der Waals surface area contributed by atoms with Crippen molar-refractivity contribution in [3.8, 4) is 0 Å². The zero-order chi connectivity index (χ0) is 19.2. The number of carbonyl (C=O) groups is 1. The van der Waals surface area contributed by atoms with Gasteiger partial charge in [0.25, 0.3) is 0 Å². The normalized spacial score (nSPS) is 20.1. The maximum absolute atomic E-state index is 12.8. The van der Waals surface area contributed by atoms with E-state index in [0.717, 1.165) is 64.5 Å². The average Bonchev–Trinajstić information content (AvgIpc) is 3.27. The Balaban J connectivity index is 1.31. The van der Waals surface area contributed by atoms with Gasteiger partial charge in [0.1, 0.15) is 5.76 Å². The molecule has 1 aromatic carbocycles. The van der Waals surface area contributed by atoms with Gasteiger partial charge in [-0.25, -0.2) is 4.79 Å². The Morgan fingerprint density at radius 3 is 2.43 bits per heavy atom. The molecule has 1 aromatic heterocycles. The van der Waals surface area contributed by atoms with E-state index in [9.17, 15) is 4.79 Å². The van der Waals surface area contributed by atoms with Crippen LogP contribution in [0.15, 0.2) is 53.1 Å². The van der Waals surface area contributed by atoms with E-state index >= 15 is 0 Å². The Bertz CT molecular complexity index is 734. The van der Waals surface area contributed by atoms with Gasteiger partial charge < -0.3 is 19.4 Å². The Hall–Kier alpha value is -2.31. The Kier molecular flexibility index (Phi) is 5.98. The lowest BCUT2D eigenvalue weighted by Crippen LogP contribution is -2.54. The second-order valence-corrected chi connectivity index (χ2v) is 7.76. The van der Waals surface area contributed by atoms with Crippen molar-refractivity contribution in [2.75, 3.05) is 45.9 Å². The molecule has 2 saturated heterocycles. The van der Waals surface area contributed by atoms with Crippen LogP contribution in [0.5, 0.6) is 0 Å². The molecule has 4 rings (SSSR count). The fourth-order valence-electron chi connectivity index (χ4n) is 4.21. The topological polar surface area (TPSA) is 58.0 Å². The standard InChI is InChI=1S/C22H29N3O3/c26-21(25-12-10-24(11-13-25)17-20-7-4-14-28-20)23-18-22(8-15-27-16-9-22)19-5-2-1-3-6-19/h1-7,14H,8-13,15-18H2,(H,23,26). The quantitative estimate of drug-likeness (QED) is 0.863. The lowest BCUT2D eigenvalue weighted by molar-refractivity contribution is 0.0496. The molecule has 1 N–H and O–H groups in total. The smallest absolute Gasteiger partial charge is 0.317 e. The molecule has 0 atom stereocenters. The van der Waals surface area contributed by atoms with Gasteiger partial charge in [-0.2, -0.15) is 0 Å². The average molecular weight is 383 g/mol. The summed E-state index contributed by atoms with van der Waals surface area (Å²) in [6.45, 7) is 6.18. The van der Waals surface area contributed by atoms with Gasteiger partial charge in [0, 0.05) is 51.4 Å². The van der Waals surface area contributed by atoms with Crippen LogP contribution in [-0.2, 0) is 16.7 Å². The molecule has 0 aliphatic carbocycles. The van der Waals surface area contributed by atoms with Gasteiger partial charge in [-0.15, -0.1) is 0 Å². The van der Waals surface area contributed by atoms with E-state index in [2.05, 4.69) is 34.5 Å². The number of amides is 2. The number of hydrogen-bond acceptors (Lipinski definition) is 4. The van der Waals surface area contributed by atoms with Crippen molar-refractivity contribution in [2.45, 2.75) is 24.8 Å². The lowest BCUT2D eigenvalue weighted by atomic mass is 9.74. The highest BCUT2D eigenvalue weighted by Crippen LogP contribution is 2.34. The Labute approximate surface area is 166 Å². The van der Waals surface area contributed by atoms with E-state index in [1.54, 1.807) is 6.26 Å². The molecule has 3 heterocycles. The van der Waals surface area contributed by atoms with Crippen molar-refractivity contribution < 1.29 is 13.9 Å². The van der Waals surface area contributed by atoms with E-state index in [0.29, 0.717) is 6.54 Å². The largest absolute Gasteiger partial charge is 0.468 e. The second kappa shape index (κ2) is 8.80. The van der Waals surface area contributed by atoms with Crippen LogP contribution in [0, 0.1) is 0 Å². The van der Waals surface area contributed by atoms with Crippen molar-refractivity contribution in [3.63, 3.8) is 0 Å². The van der Waals surface area contributed by atoms with Crippen LogP contribution < -0.4 is 5.32 Å². The van der Waals surface area contributed by atoms with Crippen LogP contribution in [0.3, 0.4) is 0 Å². The summed E-state index contributed by atoms with van der Waals surface area (Å²) in [5.74, 6) is 0.974. The summed E-state index contributed by atoms with van der Waals surface area (Å²) in [7, 11) is 0. The number of piperazine rings is 1. The first-order valence-electron chi connectivity index (χ1n) is 10.2. The Morgan fingerprint density at radius 1 is 1.00 bits per heavy atom. The zero-order valence-corrected chi connectivity index (χ0v) is 16.3. The SMILES string of the molecule is O=C(NCC1(c2ccccc2)CCOCC1)N1CCN(Cc2ccco2)CC1. The highest BCUT2D eigenvalue weighted by molar-refractivity contribution is 5.74. The lowest BCUT2D eigenvalue weighted by Gasteiger charge is -2.39. The van der Waals surface area contributed by atoms with E-state index in [1.165, 1.54) is 5.56 Å². The van der Waals surface area contributed by atoms with Crippen LogP contribution in [0.2, 0.25) is 0 Å². The van der Waals surface area contributed by atoms with Gasteiger partial charge in [-0.1, -0.05) is 30.3 Å². The minimum Gasteiger partial charge on any atom is -0.468 e. The molecular weight excluding hydrogens is 354 g/mol. The highest BCUT2D eigenvalue weighted by atomic mass is 16.5. The number of benzene rings is 1. The second-order valence-electron chi connectivity index (χ2n) is 7.76. The summed E-state index contributed by atoms with van der Waals surface area (Å²) in [6, 6.07) is 14.5. The fraction of sp³-hybridized carbons (Fsp3) is 0.500. The van der Waals surface area contributed by atoms with E-state index in [-0.39, 0.29) is 11.4 Å². The number of hydrogen-bond donors (Lipinski definition) is 1. The number of rotatable bonds is 5. The van der Waals surface area contributed by atoms with Crippen LogP contribution >= 0.6 is 0 Å². The summed E-state index contributed by atoms with van der Waals surface area (Å²) < 4.78 is 11.0. The molecule has 0 unspecified atom stereocenters. The summed E-state index contributed by atoms with van der Waals surface area (Å²) in [6.07, 6.45) is 3.58. The third kappa shape index (κ3) is 4.39. The van der Waals surface area contributed by atoms with Crippen LogP contribution in [0.4, 0.5) is 4.79 Å². The minimum atomic E-state index is -0.0315. The van der Waals surface area contributed by atoms with Crippen LogP contribution in [-0.4, -0.2) is 61.8 Å². The summed E-state index contributed by atoms with van der Waals surface area (Å²) in [5, 5.41) is 3.22. The van der Waals surface area contributed by atoms with Crippen molar-refractivity contribution in [1.82, 2.24) is 15.1 Å². The van der Waals surface area contributed by atoms with Crippen molar-refractivity contribution >= 4 is 6.03 Å². The molecule has 2 aliphatic heterocycles. The molecule has 2 fully saturated rings. The summed E-state index contributed by atoms with van der Waals surface area (Å²) in [5.41, 5.74) is 1.26. The Morgan fingerprint density at radius 2 is 1.75 bits per heavy atom. The molecular formula is C22H29N3O3. The predicted molar refractivity (Wildman–Crippen MR) is 107 cm³/mol. The van der Waals surface area contributed by atoms with Crippen molar-refractivity contribution in [1.29, 1.82) is 0 Å². The van der Waals surface area contributed by atoms with Gasteiger partial charge in [-0.3, -0.25) is 4.90 Å². The molecule has 6 nitrogen and oxygen atoms in total. The third-order valence-corrected chi connectivity index (χ3v) is 6.03. The number of carbonyl (C=O) groups excluding carboxylic acids is 1. The molecule has 0 radical (unpaired) electrons. The number of furan rings is 1. The maximum Gasteiger partial charge on any atom is 0.317 e. The monoisotopic (exact) mass is 383 g/mol. The number of urea groups is 1. The zero-order valence-electron chi connectivity index (χ0n) is 16.3. The van der Waals surface area contributed by atoms with Crippen LogP contribution in [0.1, 0.15) is 24.2 Å². The van der Waals surface area contributed by atoms with E-state index in [4.69, 9.17) is 9.15 Å². The van der Waals surface area contributed by atoms with Gasteiger partial charge in [-0.05, 0) is 30.5 Å². The first kappa shape index (κ1) is 19.0. The van der Waals surface area contributed by atoms with Crippen molar-refractivity contribution in [2.24, 2.45) is 0 Å². The first-order chi connectivity index (χ1) is 13.8. The molecule has 150 valence electrons. The number of ether oxygens (including phenoxy) is 1. The molecule has 28 heavy (non-hydrogen) atoms. The molecule has 0 saturated carbocycles. The molecule has 0 bridgehead atoms. The maximum atomic E-state index is 12.8. The first-order valence-corrected chi connectivity index (χ1v) is 10.2. The van der Waals surface area contributed by atoms with Gasteiger partial charge >= 0.3 is 6.03 Å². The van der Waals surface area contributed by atoms with E-state index in [1.807, 2.05) is 23.1 Å². The van der Waals surface area contributed by atoms with Gasteiger partial charge in [0.05, 0.1) is 12.8 Å². The number of nitrogens with zero attached hydrogens (tertiary/aromatic N) is 2. The van der Waals surface area contributed by atoms with E-state index < -0.39 is 0 Å². The minimum absolute atomic E-state index is 0.0315. The molecule has 0 spiro atoms. The molecule has 6 heteroatoms. The van der Waals surface area contributed by atoms with Gasteiger partial charge in [0.2, 0.25) is 0 Å². The number of nitrogens with one attached hydrogen (secondary N) is 1. The van der Waals surface area contributed by atoms with Gasteiger partial charge in [0.15, 0.2) is 0 Å². The molecule has 2 aliphatic rings. The van der Waals surface area contributed by atoms with Crippen LogP contribution in [0.25, 0.3) is 0 Å². The molecule has 2 amide bonds. The third-order valence-electron chi connectivity index (χ3n) is 6.03. The fourth-order valence-corrected chi connectivity index (χ4v) is 4.21. The summed E-state index contributed by atoms with van der Waals surface area (Å²) >= 11 is 0. The molecule has 2 aromatic rings.